The summed E-state index contributed by atoms with van der Waals surface area (Å²) in [4.78, 5) is 14.6. The number of benzene rings is 3. The van der Waals surface area contributed by atoms with Gasteiger partial charge in [-0.3, -0.25) is 4.79 Å². The first-order chi connectivity index (χ1) is 16.1. The summed E-state index contributed by atoms with van der Waals surface area (Å²) in [5, 5.41) is 10.7. The van der Waals surface area contributed by atoms with E-state index in [2.05, 4.69) is 0 Å². The van der Waals surface area contributed by atoms with Crippen LogP contribution in [-0.2, 0) is 17.4 Å². The standard InChI is InChI=1S/C25H23F4NO4/c1-33-21-12-11-20(15-22(21)34-2)30(24(32)23(31)17-5-9-19(26)10-6-17)14-13-16-3-7-18(8-4-16)25(27,28)29/h3-12,15,23,31H,13-14H2,1-2H3. The number of ether oxygens (including phenoxy) is 2. The molecule has 3 aromatic rings. The van der Waals surface area contributed by atoms with Crippen LogP contribution in [0, 0.1) is 5.82 Å². The van der Waals surface area contributed by atoms with E-state index in [9.17, 15) is 27.5 Å². The fourth-order valence-electron chi connectivity index (χ4n) is 3.40. The zero-order valence-electron chi connectivity index (χ0n) is 18.5. The molecule has 3 rings (SSSR count). The molecule has 0 radical (unpaired) electrons. The van der Waals surface area contributed by atoms with Gasteiger partial charge in [0.05, 0.1) is 19.8 Å². The third-order valence-electron chi connectivity index (χ3n) is 5.27. The Morgan fingerprint density at radius 3 is 2.12 bits per heavy atom. The lowest BCUT2D eigenvalue weighted by Crippen LogP contribution is -2.37. The minimum Gasteiger partial charge on any atom is -0.493 e. The van der Waals surface area contributed by atoms with Gasteiger partial charge in [0.25, 0.3) is 5.91 Å². The first kappa shape index (κ1) is 25.0. The van der Waals surface area contributed by atoms with Crippen molar-refractivity contribution in [2.45, 2.75) is 18.7 Å². The summed E-state index contributed by atoms with van der Waals surface area (Å²) >= 11 is 0. The highest BCUT2D eigenvalue weighted by atomic mass is 19.4. The number of rotatable bonds is 8. The lowest BCUT2D eigenvalue weighted by Gasteiger charge is -2.26. The number of anilines is 1. The lowest BCUT2D eigenvalue weighted by atomic mass is 10.1. The molecule has 1 unspecified atom stereocenters. The van der Waals surface area contributed by atoms with Gasteiger partial charge in [-0.2, -0.15) is 13.2 Å². The molecule has 0 aliphatic rings. The van der Waals surface area contributed by atoms with Gasteiger partial charge in [-0.15, -0.1) is 0 Å². The lowest BCUT2D eigenvalue weighted by molar-refractivity contribution is -0.137. The van der Waals surface area contributed by atoms with E-state index in [1.807, 2.05) is 0 Å². The summed E-state index contributed by atoms with van der Waals surface area (Å²) in [5.74, 6) is -0.419. The molecular formula is C25H23F4NO4. The van der Waals surface area contributed by atoms with Gasteiger partial charge in [0.15, 0.2) is 17.6 Å². The fraction of sp³-hybridized carbons (Fsp3) is 0.240. The molecule has 1 N–H and O–H groups in total. The van der Waals surface area contributed by atoms with Crippen molar-refractivity contribution >= 4 is 11.6 Å². The average molecular weight is 477 g/mol. The Balaban J connectivity index is 1.90. The van der Waals surface area contributed by atoms with Crippen molar-refractivity contribution in [1.29, 1.82) is 0 Å². The molecule has 0 saturated carbocycles. The molecule has 0 heterocycles. The predicted octanol–water partition coefficient (Wildman–Crippen LogP) is 5.17. The second-order valence-electron chi connectivity index (χ2n) is 7.43. The van der Waals surface area contributed by atoms with E-state index >= 15 is 0 Å². The molecule has 34 heavy (non-hydrogen) atoms. The largest absolute Gasteiger partial charge is 0.493 e. The highest BCUT2D eigenvalue weighted by Gasteiger charge is 2.30. The van der Waals surface area contributed by atoms with Crippen molar-refractivity contribution < 1.29 is 36.9 Å². The normalized spacial score (nSPS) is 12.2. The molecule has 0 bridgehead atoms. The maximum absolute atomic E-state index is 13.3. The highest BCUT2D eigenvalue weighted by Crippen LogP contribution is 2.33. The molecule has 0 aromatic heterocycles. The number of amides is 1. The van der Waals surface area contributed by atoms with Gasteiger partial charge in [0.2, 0.25) is 0 Å². The minimum absolute atomic E-state index is 0.0535. The van der Waals surface area contributed by atoms with Crippen LogP contribution >= 0.6 is 0 Å². The summed E-state index contributed by atoms with van der Waals surface area (Å²) in [5.41, 5.74) is 0.389. The summed E-state index contributed by atoms with van der Waals surface area (Å²) in [6, 6.07) is 14.3. The van der Waals surface area contributed by atoms with Crippen LogP contribution in [0.25, 0.3) is 0 Å². The maximum atomic E-state index is 13.3. The molecule has 1 amide bonds. The van der Waals surface area contributed by atoms with E-state index in [1.54, 1.807) is 18.2 Å². The molecule has 3 aromatic carbocycles. The molecule has 1 atom stereocenters. The van der Waals surface area contributed by atoms with Crippen LogP contribution in [0.2, 0.25) is 0 Å². The quantitative estimate of drug-likeness (QED) is 0.455. The van der Waals surface area contributed by atoms with Crippen LogP contribution in [0.15, 0.2) is 66.7 Å². The van der Waals surface area contributed by atoms with Crippen LogP contribution in [0.4, 0.5) is 23.2 Å². The molecule has 0 fully saturated rings. The van der Waals surface area contributed by atoms with Gasteiger partial charge in [0, 0.05) is 18.3 Å². The monoisotopic (exact) mass is 477 g/mol. The second-order valence-corrected chi connectivity index (χ2v) is 7.43. The third-order valence-corrected chi connectivity index (χ3v) is 5.27. The van der Waals surface area contributed by atoms with Crippen LogP contribution in [-0.4, -0.2) is 31.8 Å². The topological polar surface area (TPSA) is 59.0 Å². The van der Waals surface area contributed by atoms with Crippen LogP contribution in [0.3, 0.4) is 0 Å². The van der Waals surface area contributed by atoms with Crippen LogP contribution in [0.5, 0.6) is 11.5 Å². The van der Waals surface area contributed by atoms with E-state index in [-0.39, 0.29) is 18.5 Å². The predicted molar refractivity (Wildman–Crippen MR) is 118 cm³/mol. The van der Waals surface area contributed by atoms with Gasteiger partial charge in [-0.05, 0) is 53.9 Å². The van der Waals surface area contributed by atoms with Gasteiger partial charge >= 0.3 is 6.18 Å². The second kappa shape index (κ2) is 10.6. The Labute approximate surface area is 194 Å². The van der Waals surface area contributed by atoms with Crippen molar-refractivity contribution in [2.75, 3.05) is 25.7 Å². The molecular weight excluding hydrogens is 454 g/mol. The summed E-state index contributed by atoms with van der Waals surface area (Å²) in [6.07, 6.45) is -5.81. The van der Waals surface area contributed by atoms with Crippen molar-refractivity contribution in [2.24, 2.45) is 0 Å². The SMILES string of the molecule is COc1ccc(N(CCc2ccc(C(F)(F)F)cc2)C(=O)C(O)c2ccc(F)cc2)cc1OC. The number of hydrogen-bond acceptors (Lipinski definition) is 4. The Bertz CT molecular complexity index is 1120. The van der Waals surface area contributed by atoms with Crippen molar-refractivity contribution in [3.63, 3.8) is 0 Å². The zero-order valence-corrected chi connectivity index (χ0v) is 18.5. The Morgan fingerprint density at radius 1 is 0.941 bits per heavy atom. The third kappa shape index (κ3) is 5.85. The summed E-state index contributed by atoms with van der Waals surface area (Å²) in [6.45, 7) is 0.0535. The van der Waals surface area contributed by atoms with Crippen molar-refractivity contribution in [3.8, 4) is 11.5 Å². The molecule has 0 saturated heterocycles. The number of carbonyl (C=O) groups is 1. The molecule has 9 heteroatoms. The smallest absolute Gasteiger partial charge is 0.416 e. The number of aliphatic hydroxyl groups is 1. The molecule has 0 aliphatic carbocycles. The molecule has 0 aliphatic heterocycles. The summed E-state index contributed by atoms with van der Waals surface area (Å²) in [7, 11) is 2.90. The van der Waals surface area contributed by atoms with Crippen LogP contribution in [0.1, 0.15) is 22.8 Å². The number of halogens is 4. The number of carbonyl (C=O) groups excluding carboxylic acids is 1. The number of aliphatic hydroxyl groups excluding tert-OH is 1. The Hall–Kier alpha value is -3.59. The number of hydrogen-bond donors (Lipinski definition) is 1. The van der Waals surface area contributed by atoms with Gasteiger partial charge < -0.3 is 19.5 Å². The Morgan fingerprint density at radius 2 is 1.56 bits per heavy atom. The highest BCUT2D eigenvalue weighted by molar-refractivity contribution is 5.97. The van der Waals surface area contributed by atoms with Gasteiger partial charge in [0.1, 0.15) is 5.82 Å². The molecule has 5 nitrogen and oxygen atoms in total. The number of alkyl halides is 3. The number of nitrogens with zero attached hydrogens (tertiary/aromatic N) is 1. The van der Waals surface area contributed by atoms with E-state index in [0.29, 0.717) is 22.7 Å². The van der Waals surface area contributed by atoms with Gasteiger partial charge in [-0.25, -0.2) is 4.39 Å². The maximum Gasteiger partial charge on any atom is 0.416 e. The van der Waals surface area contributed by atoms with E-state index in [1.165, 1.54) is 43.4 Å². The molecule has 180 valence electrons. The van der Waals surface area contributed by atoms with E-state index < -0.39 is 29.6 Å². The zero-order chi connectivity index (χ0) is 24.9. The van der Waals surface area contributed by atoms with E-state index in [4.69, 9.17) is 9.47 Å². The van der Waals surface area contributed by atoms with Crippen molar-refractivity contribution in [1.82, 2.24) is 0 Å². The minimum atomic E-state index is -4.44. The van der Waals surface area contributed by atoms with Crippen molar-refractivity contribution in [3.05, 3.63) is 89.2 Å². The summed E-state index contributed by atoms with van der Waals surface area (Å²) < 4.78 is 62.3. The number of methoxy groups -OCH3 is 2. The fourth-order valence-corrected chi connectivity index (χ4v) is 3.40. The van der Waals surface area contributed by atoms with Gasteiger partial charge in [-0.1, -0.05) is 24.3 Å². The molecule has 0 spiro atoms. The average Bonchev–Trinajstić information content (AvgIpc) is 2.83. The van der Waals surface area contributed by atoms with E-state index in [0.717, 1.165) is 24.3 Å². The first-order valence-corrected chi connectivity index (χ1v) is 10.3. The first-order valence-electron chi connectivity index (χ1n) is 10.3. The Kier molecular flexibility index (Phi) is 7.78. The van der Waals surface area contributed by atoms with Crippen LogP contribution < -0.4 is 14.4 Å².